The van der Waals surface area contributed by atoms with Gasteiger partial charge in [-0.15, -0.1) is 0 Å². The van der Waals surface area contributed by atoms with Crippen molar-refractivity contribution < 1.29 is 13.9 Å². The van der Waals surface area contributed by atoms with Crippen LogP contribution in [-0.4, -0.2) is 44.2 Å². The topological polar surface area (TPSA) is 127 Å². The van der Waals surface area contributed by atoms with E-state index in [4.69, 9.17) is 15.5 Å². The number of nitrogens with two attached hydrogens (primary N) is 1. The highest BCUT2D eigenvalue weighted by Crippen LogP contribution is 2.35. The summed E-state index contributed by atoms with van der Waals surface area (Å²) in [7, 11) is 1.74. The van der Waals surface area contributed by atoms with Gasteiger partial charge in [0.25, 0.3) is 11.5 Å². The van der Waals surface area contributed by atoms with Crippen molar-refractivity contribution in [1.82, 2.24) is 25.1 Å². The molecule has 1 aliphatic heterocycles. The summed E-state index contributed by atoms with van der Waals surface area (Å²) in [6.07, 6.45) is 4.35. The minimum atomic E-state index is -0.603. The van der Waals surface area contributed by atoms with Crippen LogP contribution in [0, 0.1) is 5.82 Å². The van der Waals surface area contributed by atoms with E-state index in [0.29, 0.717) is 40.1 Å². The summed E-state index contributed by atoms with van der Waals surface area (Å²) in [5.41, 5.74) is 8.79. The van der Waals surface area contributed by atoms with Crippen molar-refractivity contribution in [2.24, 2.45) is 0 Å². The van der Waals surface area contributed by atoms with Gasteiger partial charge >= 0.3 is 0 Å². The smallest absolute Gasteiger partial charge is 0.272 e. The predicted octanol–water partition coefficient (Wildman–Crippen LogP) is 3.85. The third-order valence-corrected chi connectivity index (χ3v) is 7.90. The second-order valence-corrected chi connectivity index (χ2v) is 10.3. The molecule has 4 aromatic rings. The van der Waals surface area contributed by atoms with E-state index in [1.54, 1.807) is 36.3 Å². The molecule has 0 bridgehead atoms. The number of rotatable bonds is 5. The fourth-order valence-electron chi connectivity index (χ4n) is 5.70. The molecule has 2 aliphatic rings. The first kappa shape index (κ1) is 25.1. The molecule has 2 aromatic carbocycles. The number of carbonyl (C=O) groups is 1. The summed E-state index contributed by atoms with van der Waals surface area (Å²) in [4.78, 5) is 36.5. The summed E-state index contributed by atoms with van der Waals surface area (Å²) in [6, 6.07) is 11.7. The van der Waals surface area contributed by atoms with Crippen molar-refractivity contribution in [3.8, 4) is 0 Å². The summed E-state index contributed by atoms with van der Waals surface area (Å²) >= 11 is 0. The van der Waals surface area contributed by atoms with Gasteiger partial charge in [0.05, 0.1) is 41.5 Å². The normalized spacial score (nSPS) is 18.9. The molecule has 0 radical (unpaired) electrons. The number of hydrogen-bond acceptors (Lipinski definition) is 7. The molecule has 1 amide bonds. The van der Waals surface area contributed by atoms with E-state index in [9.17, 15) is 14.0 Å². The van der Waals surface area contributed by atoms with Gasteiger partial charge in [0, 0.05) is 30.4 Å². The average molecular weight is 529 g/mol. The Bertz CT molecular complexity index is 1630. The van der Waals surface area contributed by atoms with Crippen LogP contribution in [0.3, 0.4) is 0 Å². The van der Waals surface area contributed by atoms with Crippen LogP contribution in [0.25, 0.3) is 10.8 Å². The van der Waals surface area contributed by atoms with Crippen molar-refractivity contribution in [1.29, 1.82) is 0 Å². The molecular formula is C29H29FN6O3. The Morgan fingerprint density at radius 3 is 2.64 bits per heavy atom. The number of methoxy groups -OCH3 is 1. The first-order chi connectivity index (χ1) is 18.9. The highest BCUT2D eigenvalue weighted by Gasteiger charge is 2.32. The van der Waals surface area contributed by atoms with Crippen molar-refractivity contribution in [2.45, 2.75) is 57.2 Å². The minimum absolute atomic E-state index is 0.0290. The van der Waals surface area contributed by atoms with Gasteiger partial charge in [-0.05, 0) is 49.4 Å². The summed E-state index contributed by atoms with van der Waals surface area (Å²) in [5, 5.41) is 7.97. The lowest BCUT2D eigenvalue weighted by atomic mass is 9.86. The molecule has 1 fully saturated rings. The van der Waals surface area contributed by atoms with Gasteiger partial charge in [0.15, 0.2) is 0 Å². The second kappa shape index (κ2) is 10.2. The van der Waals surface area contributed by atoms with Crippen LogP contribution in [-0.2, 0) is 24.2 Å². The lowest BCUT2D eigenvalue weighted by Crippen LogP contribution is -2.26. The molecule has 3 heterocycles. The van der Waals surface area contributed by atoms with Crippen LogP contribution in [0.4, 0.5) is 10.2 Å². The summed E-state index contributed by atoms with van der Waals surface area (Å²) < 4.78 is 20.4. The van der Waals surface area contributed by atoms with Gasteiger partial charge in [-0.1, -0.05) is 24.3 Å². The molecule has 0 spiro atoms. The van der Waals surface area contributed by atoms with Crippen LogP contribution in [0.2, 0.25) is 0 Å². The number of aromatic amines is 1. The van der Waals surface area contributed by atoms with E-state index < -0.39 is 11.7 Å². The maximum absolute atomic E-state index is 14.9. The molecule has 6 rings (SSSR count). The molecule has 9 nitrogen and oxygen atoms in total. The van der Waals surface area contributed by atoms with Gasteiger partial charge in [0.1, 0.15) is 17.5 Å². The number of hydrogen-bond donors (Lipinski definition) is 2. The Morgan fingerprint density at radius 1 is 1.10 bits per heavy atom. The molecular weight excluding hydrogens is 499 g/mol. The van der Waals surface area contributed by atoms with E-state index in [1.165, 1.54) is 6.07 Å². The Balaban J connectivity index is 1.22. The number of ether oxygens (including phenoxy) is 1. The van der Waals surface area contributed by atoms with Crippen molar-refractivity contribution in [3.63, 3.8) is 0 Å². The molecule has 2 aromatic heterocycles. The van der Waals surface area contributed by atoms with Gasteiger partial charge in [0.2, 0.25) is 0 Å². The van der Waals surface area contributed by atoms with Crippen molar-refractivity contribution in [2.75, 3.05) is 12.8 Å². The Kier molecular flexibility index (Phi) is 6.56. The number of nitrogens with zero attached hydrogens (tertiary/aromatic N) is 4. The SMILES string of the molecule is COC1CCC(c2nc(N)c3c(n2)CN(C(=O)c2cc(Cc4n[nH]c(=O)c5ccccc45)ccc2F)C3)CC1. The molecule has 10 heteroatoms. The highest BCUT2D eigenvalue weighted by molar-refractivity contribution is 5.95. The molecule has 0 saturated heterocycles. The third-order valence-electron chi connectivity index (χ3n) is 7.90. The number of fused-ring (bicyclic) bond motifs is 2. The number of H-pyrrole nitrogens is 1. The maximum atomic E-state index is 14.9. The van der Waals surface area contributed by atoms with Gasteiger partial charge in [-0.25, -0.2) is 19.5 Å². The van der Waals surface area contributed by atoms with Crippen molar-refractivity contribution >= 4 is 22.5 Å². The number of aromatic nitrogens is 4. The largest absolute Gasteiger partial charge is 0.383 e. The minimum Gasteiger partial charge on any atom is -0.383 e. The van der Waals surface area contributed by atoms with E-state index in [2.05, 4.69) is 15.2 Å². The highest BCUT2D eigenvalue weighted by atomic mass is 19.1. The number of carbonyl (C=O) groups excluding carboxylic acids is 1. The maximum Gasteiger partial charge on any atom is 0.272 e. The quantitative estimate of drug-likeness (QED) is 0.403. The number of nitrogen functional groups attached to an aromatic ring is 1. The zero-order valence-corrected chi connectivity index (χ0v) is 21.6. The fraction of sp³-hybridized carbons (Fsp3) is 0.345. The zero-order valence-electron chi connectivity index (χ0n) is 21.6. The Morgan fingerprint density at radius 2 is 1.87 bits per heavy atom. The Labute approximate surface area is 224 Å². The van der Waals surface area contributed by atoms with E-state index in [0.717, 1.165) is 36.9 Å². The molecule has 200 valence electrons. The van der Waals surface area contributed by atoms with Crippen LogP contribution in [0.5, 0.6) is 0 Å². The lowest BCUT2D eigenvalue weighted by Gasteiger charge is -2.26. The third kappa shape index (κ3) is 4.76. The first-order valence-corrected chi connectivity index (χ1v) is 13.1. The summed E-state index contributed by atoms with van der Waals surface area (Å²) in [5.74, 6) is 0.260. The Hall–Kier alpha value is -4.18. The number of anilines is 1. The van der Waals surface area contributed by atoms with Gasteiger partial charge in [-0.3, -0.25) is 9.59 Å². The van der Waals surface area contributed by atoms with Gasteiger partial charge < -0.3 is 15.4 Å². The van der Waals surface area contributed by atoms with Crippen LogP contribution in [0.1, 0.15) is 70.3 Å². The molecule has 1 aliphatic carbocycles. The predicted molar refractivity (Wildman–Crippen MR) is 144 cm³/mol. The van der Waals surface area contributed by atoms with Crippen LogP contribution < -0.4 is 11.3 Å². The molecule has 0 atom stereocenters. The monoisotopic (exact) mass is 528 g/mol. The summed E-state index contributed by atoms with van der Waals surface area (Å²) in [6.45, 7) is 0.476. The standard InChI is InChI=1S/C29H29FN6O3/c1-39-18-9-7-17(8-10-18)27-32-25-15-36(14-22(25)26(31)33-27)29(38)21-12-16(6-11-23(21)30)13-24-19-4-2-3-5-20(19)28(37)35-34-24/h2-6,11-12,17-18H,7-10,13-15H2,1H3,(H,35,37)(H2,31,32,33). The molecule has 3 N–H and O–H groups in total. The van der Waals surface area contributed by atoms with Crippen molar-refractivity contribution in [3.05, 3.63) is 92.5 Å². The van der Waals surface area contributed by atoms with Crippen LogP contribution >= 0.6 is 0 Å². The average Bonchev–Trinajstić information content (AvgIpc) is 3.40. The van der Waals surface area contributed by atoms with Crippen LogP contribution in [0.15, 0.2) is 47.3 Å². The van der Waals surface area contributed by atoms with E-state index in [1.807, 2.05) is 12.1 Å². The number of nitrogens with one attached hydrogen (secondary N) is 1. The molecule has 0 unspecified atom stereocenters. The molecule has 39 heavy (non-hydrogen) atoms. The van der Waals surface area contributed by atoms with E-state index >= 15 is 0 Å². The molecule has 1 saturated carbocycles. The number of benzene rings is 2. The number of amides is 1. The van der Waals surface area contributed by atoms with E-state index in [-0.39, 0.29) is 36.2 Å². The zero-order chi connectivity index (χ0) is 27.1. The van der Waals surface area contributed by atoms with Gasteiger partial charge in [-0.2, -0.15) is 5.10 Å². The lowest BCUT2D eigenvalue weighted by molar-refractivity contribution is 0.0650. The number of halogens is 1. The second-order valence-electron chi connectivity index (χ2n) is 10.3. The fourth-order valence-corrected chi connectivity index (χ4v) is 5.70. The first-order valence-electron chi connectivity index (χ1n) is 13.1.